The molecule has 2 N–H and O–H groups in total. The molecule has 0 heterocycles. The van der Waals surface area contributed by atoms with Gasteiger partial charge < -0.3 is 10.4 Å². The van der Waals surface area contributed by atoms with E-state index < -0.39 is 5.97 Å². The van der Waals surface area contributed by atoms with Gasteiger partial charge in [0.1, 0.15) is 0 Å². The van der Waals surface area contributed by atoms with E-state index in [-0.39, 0.29) is 17.2 Å². The Balaban J connectivity index is 1.87. The third-order valence-corrected chi connectivity index (χ3v) is 4.16. The number of hydrogen-bond donors (Lipinski definition) is 2. The summed E-state index contributed by atoms with van der Waals surface area (Å²) in [4.78, 5) is 23.5. The van der Waals surface area contributed by atoms with Crippen molar-refractivity contribution < 1.29 is 14.7 Å². The highest BCUT2D eigenvalue weighted by Gasteiger charge is 2.11. The highest BCUT2D eigenvalue weighted by Crippen LogP contribution is 2.22. The Kier molecular flexibility index (Phi) is 5.86. The predicted molar refractivity (Wildman–Crippen MR) is 87.4 cm³/mol. The first kappa shape index (κ1) is 16.4. The van der Waals surface area contributed by atoms with Crippen LogP contribution in [0.3, 0.4) is 0 Å². The van der Waals surface area contributed by atoms with Crippen LogP contribution in [-0.4, -0.2) is 22.7 Å². The van der Waals surface area contributed by atoms with E-state index in [1.165, 1.54) is 17.8 Å². The molecule has 0 unspecified atom stereocenters. The van der Waals surface area contributed by atoms with Gasteiger partial charge in [-0.1, -0.05) is 35.9 Å². The number of carboxylic acids is 1. The minimum absolute atomic E-state index is 0.158. The van der Waals surface area contributed by atoms with E-state index in [0.29, 0.717) is 16.5 Å². The van der Waals surface area contributed by atoms with E-state index >= 15 is 0 Å². The van der Waals surface area contributed by atoms with Crippen molar-refractivity contribution in [3.05, 3.63) is 64.7 Å². The fraction of sp³-hybridized carbons (Fsp3) is 0.125. The van der Waals surface area contributed by atoms with Crippen molar-refractivity contribution in [3.63, 3.8) is 0 Å². The number of rotatable bonds is 6. The smallest absolute Gasteiger partial charge is 0.336 e. The quantitative estimate of drug-likeness (QED) is 0.793. The molecule has 22 heavy (non-hydrogen) atoms. The molecule has 114 valence electrons. The van der Waals surface area contributed by atoms with Crippen LogP contribution >= 0.6 is 23.4 Å². The minimum atomic E-state index is -0.998. The summed E-state index contributed by atoms with van der Waals surface area (Å²) < 4.78 is 0. The van der Waals surface area contributed by atoms with Crippen LogP contribution < -0.4 is 5.32 Å². The van der Waals surface area contributed by atoms with Gasteiger partial charge in [0.25, 0.3) is 0 Å². The molecule has 2 aromatic carbocycles. The molecular weight excluding hydrogens is 322 g/mol. The van der Waals surface area contributed by atoms with Crippen molar-refractivity contribution in [2.24, 2.45) is 0 Å². The monoisotopic (exact) mass is 335 g/mol. The largest absolute Gasteiger partial charge is 0.478 e. The standard InChI is InChI=1S/C16H14ClNO3S/c17-12-5-3-4-11(8-12)9-18-15(19)10-22-14-7-2-1-6-13(14)16(20)21/h1-8H,9-10H2,(H,18,19)(H,20,21). The van der Waals surface area contributed by atoms with Crippen LogP contribution in [0.25, 0.3) is 0 Å². The lowest BCUT2D eigenvalue weighted by Crippen LogP contribution is -2.24. The van der Waals surface area contributed by atoms with Gasteiger partial charge in [-0.05, 0) is 29.8 Å². The first-order valence-corrected chi connectivity index (χ1v) is 7.89. The van der Waals surface area contributed by atoms with Gasteiger partial charge in [-0.25, -0.2) is 4.79 Å². The third-order valence-electron chi connectivity index (χ3n) is 2.85. The zero-order valence-corrected chi connectivity index (χ0v) is 13.2. The molecular formula is C16H14ClNO3S. The number of aromatic carboxylic acids is 1. The second-order valence-corrected chi connectivity index (χ2v) is 5.95. The second-order valence-electron chi connectivity index (χ2n) is 4.50. The van der Waals surface area contributed by atoms with Crippen LogP contribution in [0.5, 0.6) is 0 Å². The van der Waals surface area contributed by atoms with Crippen molar-refractivity contribution in [2.75, 3.05) is 5.75 Å². The number of benzene rings is 2. The van der Waals surface area contributed by atoms with Crippen LogP contribution in [0.2, 0.25) is 5.02 Å². The Morgan fingerprint density at radius 3 is 2.64 bits per heavy atom. The molecule has 0 aromatic heterocycles. The lowest BCUT2D eigenvalue weighted by Gasteiger charge is -2.07. The molecule has 0 aliphatic heterocycles. The number of nitrogens with one attached hydrogen (secondary N) is 1. The van der Waals surface area contributed by atoms with E-state index in [2.05, 4.69) is 5.32 Å². The second kappa shape index (κ2) is 7.87. The lowest BCUT2D eigenvalue weighted by molar-refractivity contribution is -0.118. The van der Waals surface area contributed by atoms with Gasteiger partial charge >= 0.3 is 5.97 Å². The summed E-state index contributed by atoms with van der Waals surface area (Å²) in [6.07, 6.45) is 0. The van der Waals surface area contributed by atoms with E-state index in [1.807, 2.05) is 12.1 Å². The fourth-order valence-corrected chi connectivity index (χ4v) is 2.90. The van der Waals surface area contributed by atoms with Crippen molar-refractivity contribution >= 4 is 35.2 Å². The number of thioether (sulfide) groups is 1. The summed E-state index contributed by atoms with van der Waals surface area (Å²) in [5.41, 5.74) is 1.12. The van der Waals surface area contributed by atoms with Crippen molar-refractivity contribution in [2.45, 2.75) is 11.4 Å². The van der Waals surface area contributed by atoms with E-state index in [0.717, 1.165) is 5.56 Å². The third kappa shape index (κ3) is 4.79. The molecule has 2 aromatic rings. The van der Waals surface area contributed by atoms with Crippen LogP contribution in [-0.2, 0) is 11.3 Å². The molecule has 0 atom stereocenters. The Labute approximate surface area is 137 Å². The molecule has 0 saturated heterocycles. The minimum Gasteiger partial charge on any atom is -0.478 e. The maximum Gasteiger partial charge on any atom is 0.336 e. The Hall–Kier alpha value is -1.98. The summed E-state index contributed by atoms with van der Waals surface area (Å²) in [6, 6.07) is 13.9. The number of carbonyl (C=O) groups excluding carboxylic acids is 1. The van der Waals surface area contributed by atoms with E-state index in [9.17, 15) is 9.59 Å². The van der Waals surface area contributed by atoms with Gasteiger partial charge in [0.05, 0.1) is 11.3 Å². The number of amides is 1. The Bertz CT molecular complexity index is 691. The summed E-state index contributed by atoms with van der Waals surface area (Å²) in [6.45, 7) is 0.389. The average Bonchev–Trinajstić information content (AvgIpc) is 2.51. The van der Waals surface area contributed by atoms with Gasteiger partial charge in [-0.2, -0.15) is 0 Å². The molecule has 0 aliphatic carbocycles. The normalized spacial score (nSPS) is 10.2. The lowest BCUT2D eigenvalue weighted by atomic mass is 10.2. The predicted octanol–water partition coefficient (Wildman–Crippen LogP) is 3.45. The summed E-state index contributed by atoms with van der Waals surface area (Å²) in [5, 5.41) is 12.5. The first-order chi connectivity index (χ1) is 10.6. The number of carbonyl (C=O) groups is 2. The number of halogens is 1. The molecule has 6 heteroatoms. The van der Waals surface area contributed by atoms with Gasteiger partial charge in [0, 0.05) is 16.5 Å². The molecule has 0 radical (unpaired) electrons. The van der Waals surface area contributed by atoms with Crippen LogP contribution in [0, 0.1) is 0 Å². The van der Waals surface area contributed by atoms with Gasteiger partial charge in [0.15, 0.2) is 0 Å². The van der Waals surface area contributed by atoms with E-state index in [4.69, 9.17) is 16.7 Å². The summed E-state index contributed by atoms with van der Waals surface area (Å²) in [5.74, 6) is -1.00. The van der Waals surface area contributed by atoms with Crippen LogP contribution in [0.1, 0.15) is 15.9 Å². The fourth-order valence-electron chi connectivity index (χ4n) is 1.81. The summed E-state index contributed by atoms with van der Waals surface area (Å²) >= 11 is 7.08. The molecule has 0 aliphatic rings. The molecule has 0 saturated carbocycles. The topological polar surface area (TPSA) is 66.4 Å². The Morgan fingerprint density at radius 1 is 1.14 bits per heavy atom. The number of carboxylic acid groups (broad SMARTS) is 1. The molecule has 1 amide bonds. The van der Waals surface area contributed by atoms with Crippen LogP contribution in [0.4, 0.5) is 0 Å². The maximum atomic E-state index is 11.8. The van der Waals surface area contributed by atoms with Crippen LogP contribution in [0.15, 0.2) is 53.4 Å². The van der Waals surface area contributed by atoms with Gasteiger partial charge in [0.2, 0.25) is 5.91 Å². The van der Waals surface area contributed by atoms with Crippen molar-refractivity contribution in [3.8, 4) is 0 Å². The highest BCUT2D eigenvalue weighted by atomic mass is 35.5. The van der Waals surface area contributed by atoms with Crippen molar-refractivity contribution in [1.29, 1.82) is 0 Å². The highest BCUT2D eigenvalue weighted by molar-refractivity contribution is 8.00. The van der Waals surface area contributed by atoms with Gasteiger partial charge in [-0.3, -0.25) is 4.79 Å². The SMILES string of the molecule is O=C(CSc1ccccc1C(=O)O)NCc1cccc(Cl)c1. The molecule has 0 spiro atoms. The Morgan fingerprint density at radius 2 is 1.91 bits per heavy atom. The number of hydrogen-bond acceptors (Lipinski definition) is 3. The summed E-state index contributed by atoms with van der Waals surface area (Å²) in [7, 11) is 0. The van der Waals surface area contributed by atoms with E-state index in [1.54, 1.807) is 30.3 Å². The van der Waals surface area contributed by atoms with Crippen molar-refractivity contribution in [1.82, 2.24) is 5.32 Å². The molecule has 4 nitrogen and oxygen atoms in total. The molecule has 0 bridgehead atoms. The zero-order valence-electron chi connectivity index (χ0n) is 11.6. The van der Waals surface area contributed by atoms with Gasteiger partial charge in [-0.15, -0.1) is 11.8 Å². The first-order valence-electron chi connectivity index (χ1n) is 6.52. The zero-order chi connectivity index (χ0) is 15.9. The molecule has 0 fully saturated rings. The maximum absolute atomic E-state index is 11.8. The molecule has 2 rings (SSSR count). The average molecular weight is 336 g/mol.